The first-order valence-corrected chi connectivity index (χ1v) is 9.12. The lowest BCUT2D eigenvalue weighted by Gasteiger charge is -2.14. The first-order chi connectivity index (χ1) is 14.6. The molecule has 0 saturated heterocycles. The van der Waals surface area contributed by atoms with Crippen LogP contribution in [0, 0.1) is 10.1 Å². The Labute approximate surface area is 170 Å². The van der Waals surface area contributed by atoms with Gasteiger partial charge in [-0.1, -0.05) is 36.4 Å². The number of nitrogens with one attached hydrogen (secondary N) is 1. The van der Waals surface area contributed by atoms with Crippen molar-refractivity contribution in [2.75, 3.05) is 0 Å². The number of carbonyl (C=O) groups excluding carboxylic acids is 1. The molecule has 1 aromatic heterocycles. The Morgan fingerprint density at radius 3 is 2.17 bits per heavy atom. The van der Waals surface area contributed by atoms with E-state index in [0.717, 1.165) is 0 Å². The lowest BCUT2D eigenvalue weighted by molar-refractivity contribution is -0.385. The Hall–Kier alpha value is -4.33. The highest BCUT2D eigenvalue weighted by Gasteiger charge is 2.13. The van der Waals surface area contributed by atoms with Gasteiger partial charge in [0.05, 0.1) is 27.7 Å². The summed E-state index contributed by atoms with van der Waals surface area (Å²) in [5.41, 5.74) is 3.76. The lowest BCUT2D eigenvalue weighted by atomic mass is 10.1. The second-order valence-corrected chi connectivity index (χ2v) is 6.56. The van der Waals surface area contributed by atoms with Crippen LogP contribution in [0.4, 0.5) is 5.69 Å². The van der Waals surface area contributed by atoms with E-state index in [9.17, 15) is 19.7 Å². The molecule has 4 aromatic rings. The first-order valence-electron chi connectivity index (χ1n) is 9.12. The van der Waals surface area contributed by atoms with Crippen LogP contribution in [0.25, 0.3) is 21.8 Å². The number of pyridine rings is 1. The van der Waals surface area contributed by atoms with Gasteiger partial charge in [-0.05, 0) is 30.3 Å². The van der Waals surface area contributed by atoms with E-state index in [-0.39, 0.29) is 23.2 Å². The van der Waals surface area contributed by atoms with Crippen molar-refractivity contribution in [3.05, 3.63) is 98.7 Å². The van der Waals surface area contributed by atoms with Crippen molar-refractivity contribution in [2.24, 2.45) is 5.10 Å². The van der Waals surface area contributed by atoms with E-state index in [2.05, 4.69) is 10.5 Å². The van der Waals surface area contributed by atoms with Crippen LogP contribution in [-0.2, 0) is 11.3 Å². The van der Waals surface area contributed by atoms with E-state index in [0.29, 0.717) is 21.8 Å². The number of benzene rings is 3. The molecule has 1 heterocycles. The average molecular weight is 400 g/mol. The van der Waals surface area contributed by atoms with Gasteiger partial charge in [0, 0.05) is 16.8 Å². The summed E-state index contributed by atoms with van der Waals surface area (Å²) in [6.07, 6.45) is 1.23. The summed E-state index contributed by atoms with van der Waals surface area (Å²) in [5.74, 6) is -0.427. The molecule has 0 bridgehead atoms. The number of aromatic nitrogens is 1. The van der Waals surface area contributed by atoms with Gasteiger partial charge in [-0.3, -0.25) is 19.7 Å². The van der Waals surface area contributed by atoms with E-state index in [1.807, 2.05) is 0 Å². The van der Waals surface area contributed by atoms with Gasteiger partial charge in [-0.2, -0.15) is 5.10 Å². The molecule has 0 aliphatic rings. The van der Waals surface area contributed by atoms with Crippen molar-refractivity contribution in [2.45, 2.75) is 6.54 Å². The number of carbonyl (C=O) groups is 1. The van der Waals surface area contributed by atoms with Crippen LogP contribution in [-0.4, -0.2) is 21.6 Å². The fourth-order valence-electron chi connectivity index (χ4n) is 3.36. The van der Waals surface area contributed by atoms with Gasteiger partial charge in [0.1, 0.15) is 6.54 Å². The summed E-state index contributed by atoms with van der Waals surface area (Å²) in [4.78, 5) is 35.8. The quantitative estimate of drug-likeness (QED) is 0.240. The lowest BCUT2D eigenvalue weighted by Crippen LogP contribution is -2.25. The first kappa shape index (κ1) is 19.0. The highest BCUT2D eigenvalue weighted by molar-refractivity contribution is 5.95. The summed E-state index contributed by atoms with van der Waals surface area (Å²) in [7, 11) is 0. The van der Waals surface area contributed by atoms with Crippen molar-refractivity contribution in [1.29, 1.82) is 0 Å². The second-order valence-electron chi connectivity index (χ2n) is 6.56. The van der Waals surface area contributed by atoms with Crippen LogP contribution in [0.5, 0.6) is 0 Å². The van der Waals surface area contributed by atoms with E-state index >= 15 is 0 Å². The van der Waals surface area contributed by atoms with Gasteiger partial charge in [0.2, 0.25) is 0 Å². The Kier molecular flexibility index (Phi) is 5.04. The van der Waals surface area contributed by atoms with E-state index in [1.165, 1.54) is 18.3 Å². The van der Waals surface area contributed by atoms with Crippen LogP contribution in [0.1, 0.15) is 5.56 Å². The molecule has 0 saturated carbocycles. The molecule has 8 heteroatoms. The topological polar surface area (TPSA) is 107 Å². The molecule has 4 rings (SSSR count). The van der Waals surface area contributed by atoms with Gasteiger partial charge in [0.15, 0.2) is 5.43 Å². The summed E-state index contributed by atoms with van der Waals surface area (Å²) < 4.78 is 1.75. The predicted octanol–water partition coefficient (Wildman–Crippen LogP) is 3.21. The molecule has 0 aliphatic carbocycles. The number of nitro benzene ring substituents is 1. The zero-order valence-electron chi connectivity index (χ0n) is 15.7. The van der Waals surface area contributed by atoms with Gasteiger partial charge in [-0.25, -0.2) is 5.43 Å². The molecule has 148 valence electrons. The Bertz CT molecular complexity index is 1310. The van der Waals surface area contributed by atoms with Crippen LogP contribution in [0.15, 0.2) is 82.7 Å². The molecule has 0 fully saturated rings. The SMILES string of the molecule is O=C(Cn1c2ccccc2c(=O)c2ccccc21)N/N=C\c1ccccc1[N+](=O)[O-]. The van der Waals surface area contributed by atoms with Gasteiger partial charge < -0.3 is 4.57 Å². The highest BCUT2D eigenvalue weighted by atomic mass is 16.6. The summed E-state index contributed by atoms with van der Waals surface area (Å²) >= 11 is 0. The monoisotopic (exact) mass is 400 g/mol. The van der Waals surface area contributed by atoms with Crippen molar-refractivity contribution < 1.29 is 9.72 Å². The molecule has 0 radical (unpaired) electrons. The van der Waals surface area contributed by atoms with Crippen LogP contribution < -0.4 is 10.9 Å². The molecular weight excluding hydrogens is 384 g/mol. The van der Waals surface area contributed by atoms with Crippen LogP contribution in [0.3, 0.4) is 0 Å². The Morgan fingerprint density at radius 1 is 0.967 bits per heavy atom. The number of fused-ring (bicyclic) bond motifs is 2. The van der Waals surface area contributed by atoms with Gasteiger partial charge in [-0.15, -0.1) is 0 Å². The molecule has 0 unspecified atom stereocenters. The number of amides is 1. The molecule has 30 heavy (non-hydrogen) atoms. The van der Waals surface area contributed by atoms with E-state index in [4.69, 9.17) is 0 Å². The van der Waals surface area contributed by atoms with Crippen LogP contribution in [0.2, 0.25) is 0 Å². The number of rotatable bonds is 5. The molecule has 1 N–H and O–H groups in total. The minimum atomic E-state index is -0.512. The third-order valence-corrected chi connectivity index (χ3v) is 4.71. The van der Waals surface area contributed by atoms with Gasteiger partial charge in [0.25, 0.3) is 11.6 Å². The van der Waals surface area contributed by atoms with Crippen molar-refractivity contribution in [3.63, 3.8) is 0 Å². The number of nitrogens with zero attached hydrogens (tertiary/aromatic N) is 3. The third-order valence-electron chi connectivity index (χ3n) is 4.71. The number of hydrazone groups is 1. The number of hydrogen-bond acceptors (Lipinski definition) is 5. The van der Waals surface area contributed by atoms with E-state index < -0.39 is 10.8 Å². The van der Waals surface area contributed by atoms with Crippen molar-refractivity contribution in [3.8, 4) is 0 Å². The fourth-order valence-corrected chi connectivity index (χ4v) is 3.36. The summed E-state index contributed by atoms with van der Waals surface area (Å²) in [5, 5.41) is 16.0. The normalized spacial score (nSPS) is 11.2. The predicted molar refractivity (Wildman–Crippen MR) is 115 cm³/mol. The summed E-state index contributed by atoms with van der Waals surface area (Å²) in [6, 6.07) is 20.3. The molecule has 8 nitrogen and oxygen atoms in total. The molecule has 0 spiro atoms. The number of nitro groups is 1. The molecule has 3 aromatic carbocycles. The smallest absolute Gasteiger partial charge is 0.278 e. The maximum atomic E-state index is 12.7. The Balaban J connectivity index is 1.65. The molecule has 0 atom stereocenters. The van der Waals surface area contributed by atoms with Gasteiger partial charge >= 0.3 is 0 Å². The zero-order valence-corrected chi connectivity index (χ0v) is 15.7. The summed E-state index contributed by atoms with van der Waals surface area (Å²) in [6.45, 7) is -0.0739. The maximum Gasteiger partial charge on any atom is 0.278 e. The number of hydrogen-bond donors (Lipinski definition) is 1. The molecular formula is C22H16N4O4. The highest BCUT2D eigenvalue weighted by Crippen LogP contribution is 2.19. The average Bonchev–Trinajstić information content (AvgIpc) is 2.77. The third kappa shape index (κ3) is 3.53. The van der Waals surface area contributed by atoms with E-state index in [1.54, 1.807) is 65.2 Å². The standard InChI is InChI=1S/C22H16N4O4/c27-21(24-23-13-15-7-1-4-10-18(15)26(29)30)14-25-19-11-5-2-8-16(19)22(28)17-9-3-6-12-20(17)25/h1-13H,14H2,(H,24,27)/b23-13-. The van der Waals surface area contributed by atoms with Crippen LogP contribution >= 0.6 is 0 Å². The Morgan fingerprint density at radius 2 is 1.53 bits per heavy atom. The molecule has 1 amide bonds. The van der Waals surface area contributed by atoms with Crippen molar-refractivity contribution >= 4 is 39.6 Å². The maximum absolute atomic E-state index is 12.7. The number of para-hydroxylation sites is 3. The zero-order chi connectivity index (χ0) is 21.1. The minimum absolute atomic E-state index is 0.0739. The minimum Gasteiger partial charge on any atom is -0.331 e. The second kappa shape index (κ2) is 7.96. The fraction of sp³-hybridized carbons (Fsp3) is 0.0455. The molecule has 0 aliphatic heterocycles. The largest absolute Gasteiger partial charge is 0.331 e. The van der Waals surface area contributed by atoms with Crippen molar-refractivity contribution in [1.82, 2.24) is 9.99 Å².